The number of sulfonamides is 1. The van der Waals surface area contributed by atoms with Gasteiger partial charge in [0.1, 0.15) is 4.90 Å². The Bertz CT molecular complexity index is 512. The smallest absolute Gasteiger partial charge is 0.244 e. The molecule has 0 heterocycles. The molecular weight excluding hydrogens is 262 g/mol. The molecule has 0 saturated heterocycles. The normalized spacial score (nSPS) is 15.3. The first-order valence-electron chi connectivity index (χ1n) is 6.29. The lowest BCUT2D eigenvalue weighted by molar-refractivity contribution is 0.520. The van der Waals surface area contributed by atoms with Crippen molar-refractivity contribution in [3.05, 3.63) is 24.3 Å². The largest absolute Gasteiger partial charge is 0.381 e. The Morgan fingerprint density at radius 1 is 1.26 bits per heavy atom. The van der Waals surface area contributed by atoms with Crippen LogP contribution in [-0.2, 0) is 10.0 Å². The fourth-order valence-electron chi connectivity index (χ4n) is 1.89. The number of rotatable bonds is 6. The highest BCUT2D eigenvalue weighted by atomic mass is 32.2. The van der Waals surface area contributed by atoms with Gasteiger partial charge in [-0.1, -0.05) is 12.1 Å². The standard InChI is InChI=1S/C13H23N3O2S/c1-10(14)9-11(2)15-12-7-5-6-8-13(12)19(17,18)16(3)4/h5-8,10-11,15H,9,14H2,1-4H3. The number of nitrogens with two attached hydrogens (primary N) is 1. The van der Waals surface area contributed by atoms with Gasteiger partial charge in [0.05, 0.1) is 5.69 Å². The first-order chi connectivity index (χ1) is 8.75. The van der Waals surface area contributed by atoms with Crippen molar-refractivity contribution in [2.75, 3.05) is 19.4 Å². The van der Waals surface area contributed by atoms with Crippen LogP contribution in [-0.4, -0.2) is 38.9 Å². The summed E-state index contributed by atoms with van der Waals surface area (Å²) < 4.78 is 25.6. The molecule has 2 unspecified atom stereocenters. The highest BCUT2D eigenvalue weighted by molar-refractivity contribution is 7.89. The fourth-order valence-corrected chi connectivity index (χ4v) is 2.94. The zero-order chi connectivity index (χ0) is 14.6. The van der Waals surface area contributed by atoms with E-state index in [2.05, 4.69) is 5.32 Å². The molecule has 0 radical (unpaired) electrons. The average molecular weight is 285 g/mol. The van der Waals surface area contributed by atoms with Gasteiger partial charge in [-0.2, -0.15) is 0 Å². The molecule has 0 saturated carbocycles. The van der Waals surface area contributed by atoms with Crippen molar-refractivity contribution in [1.29, 1.82) is 0 Å². The van der Waals surface area contributed by atoms with Crippen LogP contribution in [0.2, 0.25) is 0 Å². The minimum Gasteiger partial charge on any atom is -0.381 e. The molecule has 19 heavy (non-hydrogen) atoms. The van der Waals surface area contributed by atoms with Gasteiger partial charge in [-0.25, -0.2) is 12.7 Å². The maximum absolute atomic E-state index is 12.2. The Morgan fingerprint density at radius 3 is 2.37 bits per heavy atom. The van der Waals surface area contributed by atoms with Crippen LogP contribution < -0.4 is 11.1 Å². The van der Waals surface area contributed by atoms with Crippen LogP contribution in [0.25, 0.3) is 0 Å². The van der Waals surface area contributed by atoms with Gasteiger partial charge in [0.25, 0.3) is 0 Å². The molecule has 1 aromatic carbocycles. The van der Waals surface area contributed by atoms with Crippen molar-refractivity contribution in [2.24, 2.45) is 5.73 Å². The van der Waals surface area contributed by atoms with Crippen molar-refractivity contribution < 1.29 is 8.42 Å². The van der Waals surface area contributed by atoms with Gasteiger partial charge >= 0.3 is 0 Å². The first-order valence-corrected chi connectivity index (χ1v) is 7.73. The van der Waals surface area contributed by atoms with E-state index in [9.17, 15) is 8.42 Å². The molecule has 1 rings (SSSR count). The zero-order valence-electron chi connectivity index (χ0n) is 11.9. The molecule has 0 spiro atoms. The SMILES string of the molecule is CC(N)CC(C)Nc1ccccc1S(=O)(=O)N(C)C. The highest BCUT2D eigenvalue weighted by Crippen LogP contribution is 2.24. The lowest BCUT2D eigenvalue weighted by Crippen LogP contribution is -2.28. The summed E-state index contributed by atoms with van der Waals surface area (Å²) in [5.74, 6) is 0. The maximum Gasteiger partial charge on any atom is 0.244 e. The van der Waals surface area contributed by atoms with Crippen LogP contribution >= 0.6 is 0 Å². The first kappa shape index (κ1) is 15.9. The Kier molecular flexibility index (Phi) is 5.34. The van der Waals surface area contributed by atoms with Crippen LogP contribution in [0.15, 0.2) is 29.2 Å². The van der Waals surface area contributed by atoms with Gasteiger partial charge in [-0.15, -0.1) is 0 Å². The van der Waals surface area contributed by atoms with E-state index in [1.165, 1.54) is 18.4 Å². The summed E-state index contributed by atoms with van der Waals surface area (Å²) in [6.07, 6.45) is 0.774. The topological polar surface area (TPSA) is 75.4 Å². The van der Waals surface area contributed by atoms with Crippen LogP contribution in [0.3, 0.4) is 0 Å². The third-order valence-corrected chi connectivity index (χ3v) is 4.65. The second-order valence-electron chi connectivity index (χ2n) is 5.04. The number of anilines is 1. The van der Waals surface area contributed by atoms with E-state index < -0.39 is 10.0 Å². The number of hydrogen-bond donors (Lipinski definition) is 2. The molecule has 6 heteroatoms. The van der Waals surface area contributed by atoms with Crippen LogP contribution in [0, 0.1) is 0 Å². The van der Waals surface area contributed by atoms with Crippen molar-refractivity contribution in [3.8, 4) is 0 Å². The molecule has 0 aromatic heterocycles. The molecule has 1 aromatic rings. The highest BCUT2D eigenvalue weighted by Gasteiger charge is 2.21. The number of benzene rings is 1. The Morgan fingerprint density at radius 2 is 1.84 bits per heavy atom. The Balaban J connectivity index is 3.04. The minimum absolute atomic E-state index is 0.0696. The molecule has 108 valence electrons. The van der Waals surface area contributed by atoms with Gasteiger partial charge in [-0.05, 0) is 32.4 Å². The lowest BCUT2D eigenvalue weighted by Gasteiger charge is -2.21. The summed E-state index contributed by atoms with van der Waals surface area (Å²) in [6, 6.07) is 7.09. The van der Waals surface area contributed by atoms with E-state index in [-0.39, 0.29) is 17.0 Å². The minimum atomic E-state index is -3.44. The maximum atomic E-state index is 12.2. The summed E-state index contributed by atoms with van der Waals surface area (Å²) in [5.41, 5.74) is 6.37. The van der Waals surface area contributed by atoms with Crippen molar-refractivity contribution in [3.63, 3.8) is 0 Å². The summed E-state index contributed by atoms with van der Waals surface area (Å²) in [5, 5.41) is 3.22. The molecular formula is C13H23N3O2S. The second-order valence-corrected chi connectivity index (χ2v) is 7.16. The predicted molar refractivity (Wildman–Crippen MR) is 78.7 cm³/mol. The van der Waals surface area contributed by atoms with Crippen molar-refractivity contribution in [1.82, 2.24) is 4.31 Å². The van der Waals surface area contributed by atoms with Crippen LogP contribution in [0.1, 0.15) is 20.3 Å². The van der Waals surface area contributed by atoms with E-state index in [1.807, 2.05) is 19.9 Å². The van der Waals surface area contributed by atoms with Crippen molar-refractivity contribution >= 4 is 15.7 Å². The Labute approximate surface area is 115 Å². The van der Waals surface area contributed by atoms with Crippen LogP contribution in [0.4, 0.5) is 5.69 Å². The third kappa shape index (κ3) is 4.19. The van der Waals surface area contributed by atoms with Crippen LogP contribution in [0.5, 0.6) is 0 Å². The van der Waals surface area contributed by atoms with Gasteiger partial charge in [-0.3, -0.25) is 0 Å². The number of nitrogens with one attached hydrogen (secondary N) is 1. The second kappa shape index (κ2) is 6.36. The molecule has 3 N–H and O–H groups in total. The van der Waals surface area contributed by atoms with Gasteiger partial charge < -0.3 is 11.1 Å². The summed E-state index contributed by atoms with van der Waals surface area (Å²) in [6.45, 7) is 3.92. The number of hydrogen-bond acceptors (Lipinski definition) is 4. The molecule has 0 aliphatic carbocycles. The summed E-state index contributed by atoms with van der Waals surface area (Å²) in [7, 11) is -0.391. The van der Waals surface area contributed by atoms with Gasteiger partial charge in [0, 0.05) is 26.2 Å². The van der Waals surface area contributed by atoms with Gasteiger partial charge in [0.2, 0.25) is 10.0 Å². The zero-order valence-corrected chi connectivity index (χ0v) is 12.7. The number of nitrogens with zero attached hydrogens (tertiary/aromatic N) is 1. The van der Waals surface area contributed by atoms with Crippen molar-refractivity contribution in [2.45, 2.75) is 37.2 Å². The molecule has 2 atom stereocenters. The molecule has 0 aliphatic heterocycles. The molecule has 0 bridgehead atoms. The third-order valence-electron chi connectivity index (χ3n) is 2.77. The fraction of sp³-hybridized carbons (Fsp3) is 0.538. The van der Waals surface area contributed by atoms with E-state index in [0.29, 0.717) is 5.69 Å². The predicted octanol–water partition coefficient (Wildman–Crippen LogP) is 1.47. The van der Waals surface area contributed by atoms with E-state index >= 15 is 0 Å². The molecule has 5 nitrogen and oxygen atoms in total. The molecule has 0 fully saturated rings. The Hall–Kier alpha value is -1.11. The summed E-state index contributed by atoms with van der Waals surface area (Å²) in [4.78, 5) is 0.288. The average Bonchev–Trinajstić information content (AvgIpc) is 2.27. The van der Waals surface area contributed by atoms with E-state index in [1.54, 1.807) is 18.2 Å². The van der Waals surface area contributed by atoms with E-state index in [4.69, 9.17) is 5.73 Å². The quantitative estimate of drug-likeness (QED) is 0.830. The molecule has 0 aliphatic rings. The lowest BCUT2D eigenvalue weighted by atomic mass is 10.1. The summed E-state index contributed by atoms with van der Waals surface area (Å²) >= 11 is 0. The van der Waals surface area contributed by atoms with E-state index in [0.717, 1.165) is 6.42 Å². The van der Waals surface area contributed by atoms with Gasteiger partial charge in [0.15, 0.2) is 0 Å². The monoisotopic (exact) mass is 285 g/mol. The number of para-hydroxylation sites is 1. The molecule has 0 amide bonds.